The van der Waals surface area contributed by atoms with Crippen molar-refractivity contribution >= 4 is 32.7 Å². The van der Waals surface area contributed by atoms with Crippen LogP contribution in [0.3, 0.4) is 0 Å². The first-order valence-corrected chi connectivity index (χ1v) is 11.5. The number of aromatic nitrogens is 3. The number of anilines is 1. The molecule has 1 aliphatic heterocycles. The monoisotopic (exact) mass is 447 g/mol. The molecule has 32 heavy (non-hydrogen) atoms. The molecule has 0 unspecified atom stereocenters. The van der Waals surface area contributed by atoms with Gasteiger partial charge in [0.05, 0.1) is 23.2 Å². The van der Waals surface area contributed by atoms with Crippen LogP contribution in [0.2, 0.25) is 0 Å². The van der Waals surface area contributed by atoms with Crippen LogP contribution in [0.5, 0.6) is 5.75 Å². The summed E-state index contributed by atoms with van der Waals surface area (Å²) >= 11 is 1.67. The van der Waals surface area contributed by atoms with Crippen LogP contribution in [0.25, 0.3) is 16.0 Å². The summed E-state index contributed by atoms with van der Waals surface area (Å²) < 4.78 is 8.28. The first-order valence-electron chi connectivity index (χ1n) is 10.6. The molecule has 1 aliphatic rings. The highest BCUT2D eigenvalue weighted by molar-refractivity contribution is 7.22. The van der Waals surface area contributed by atoms with Gasteiger partial charge in [0, 0.05) is 31.7 Å². The number of carbonyl (C=O) groups is 1. The average Bonchev–Trinajstić information content (AvgIpc) is 3.40. The maximum atomic E-state index is 12.9. The van der Waals surface area contributed by atoms with Gasteiger partial charge in [0.2, 0.25) is 0 Å². The standard InChI is InChI=1S/C24H25N5O2S/c1-16-7-9-19(10-8-16)29-22-21(17(2)26-29)32-24(25-22)28-13-11-27(12-14-28)23(30)18-5-4-6-20(15-18)31-3/h4-10,15H,11-14H2,1-3H3. The van der Waals surface area contributed by atoms with E-state index in [1.165, 1.54) is 5.56 Å². The molecular formula is C24H25N5O2S. The molecule has 0 spiro atoms. The normalized spacial score (nSPS) is 14.2. The van der Waals surface area contributed by atoms with E-state index in [0.717, 1.165) is 39.9 Å². The Bertz CT molecular complexity index is 1270. The van der Waals surface area contributed by atoms with Gasteiger partial charge in [-0.3, -0.25) is 4.79 Å². The van der Waals surface area contributed by atoms with Crippen molar-refractivity contribution in [1.82, 2.24) is 19.7 Å². The van der Waals surface area contributed by atoms with Crippen molar-refractivity contribution in [3.05, 3.63) is 65.4 Å². The van der Waals surface area contributed by atoms with E-state index in [0.29, 0.717) is 24.4 Å². The van der Waals surface area contributed by atoms with Crippen molar-refractivity contribution in [2.45, 2.75) is 13.8 Å². The minimum absolute atomic E-state index is 0.0405. The van der Waals surface area contributed by atoms with Crippen LogP contribution in [0.4, 0.5) is 5.13 Å². The van der Waals surface area contributed by atoms with E-state index in [1.54, 1.807) is 24.5 Å². The summed E-state index contributed by atoms with van der Waals surface area (Å²) in [6.07, 6.45) is 0. The summed E-state index contributed by atoms with van der Waals surface area (Å²) in [7, 11) is 1.61. The molecule has 0 radical (unpaired) electrons. The van der Waals surface area contributed by atoms with Crippen LogP contribution in [0.1, 0.15) is 21.6 Å². The Morgan fingerprint density at radius 2 is 1.78 bits per heavy atom. The number of nitrogens with zero attached hydrogens (tertiary/aromatic N) is 5. The molecule has 3 heterocycles. The van der Waals surface area contributed by atoms with E-state index < -0.39 is 0 Å². The Balaban J connectivity index is 1.33. The number of thiazole rings is 1. The van der Waals surface area contributed by atoms with Gasteiger partial charge in [0.25, 0.3) is 5.91 Å². The van der Waals surface area contributed by atoms with Crippen molar-refractivity contribution in [3.8, 4) is 11.4 Å². The molecule has 0 N–H and O–H groups in total. The highest BCUT2D eigenvalue weighted by atomic mass is 32.1. The van der Waals surface area contributed by atoms with E-state index in [4.69, 9.17) is 14.8 Å². The van der Waals surface area contributed by atoms with Crippen molar-refractivity contribution in [2.75, 3.05) is 38.2 Å². The largest absolute Gasteiger partial charge is 0.497 e. The van der Waals surface area contributed by atoms with Crippen molar-refractivity contribution in [2.24, 2.45) is 0 Å². The van der Waals surface area contributed by atoms with E-state index in [-0.39, 0.29) is 5.91 Å². The minimum Gasteiger partial charge on any atom is -0.497 e. The maximum absolute atomic E-state index is 12.9. The second-order valence-electron chi connectivity index (χ2n) is 7.99. The van der Waals surface area contributed by atoms with Crippen molar-refractivity contribution in [3.63, 3.8) is 0 Å². The first kappa shape index (κ1) is 20.5. The molecule has 0 atom stereocenters. The van der Waals surface area contributed by atoms with Crippen LogP contribution < -0.4 is 9.64 Å². The van der Waals surface area contributed by atoms with Crippen molar-refractivity contribution < 1.29 is 9.53 Å². The van der Waals surface area contributed by atoms with E-state index in [2.05, 4.69) is 36.1 Å². The molecule has 1 amide bonds. The molecule has 164 valence electrons. The van der Waals surface area contributed by atoms with E-state index in [9.17, 15) is 4.79 Å². The Morgan fingerprint density at radius 1 is 1.03 bits per heavy atom. The number of methoxy groups -OCH3 is 1. The lowest BCUT2D eigenvalue weighted by Gasteiger charge is -2.34. The third kappa shape index (κ3) is 3.71. The second kappa shape index (κ2) is 8.27. The molecule has 0 aliphatic carbocycles. The lowest BCUT2D eigenvalue weighted by Crippen LogP contribution is -2.48. The van der Waals surface area contributed by atoms with Gasteiger partial charge < -0.3 is 14.5 Å². The Hall–Kier alpha value is -3.39. The van der Waals surface area contributed by atoms with Crippen LogP contribution in [-0.4, -0.2) is 58.9 Å². The quantitative estimate of drug-likeness (QED) is 0.472. The lowest BCUT2D eigenvalue weighted by atomic mass is 10.1. The minimum atomic E-state index is 0.0405. The number of hydrogen-bond acceptors (Lipinski definition) is 6. The lowest BCUT2D eigenvalue weighted by molar-refractivity contribution is 0.0746. The number of piperazine rings is 1. The van der Waals surface area contributed by atoms with Gasteiger partial charge in [-0.2, -0.15) is 10.1 Å². The molecule has 0 saturated carbocycles. The van der Waals surface area contributed by atoms with E-state index >= 15 is 0 Å². The fourth-order valence-corrected chi connectivity index (χ4v) is 5.00. The summed E-state index contributed by atoms with van der Waals surface area (Å²) in [5.74, 6) is 0.737. The number of fused-ring (bicyclic) bond motifs is 1. The molecule has 4 aromatic rings. The second-order valence-corrected chi connectivity index (χ2v) is 8.97. The van der Waals surface area contributed by atoms with Crippen LogP contribution >= 0.6 is 11.3 Å². The molecule has 5 rings (SSSR count). The van der Waals surface area contributed by atoms with Gasteiger partial charge in [-0.25, -0.2) is 4.68 Å². The number of aryl methyl sites for hydroxylation is 2. The molecule has 7 nitrogen and oxygen atoms in total. The zero-order chi connectivity index (χ0) is 22.2. The molecule has 0 bridgehead atoms. The third-order valence-electron chi connectivity index (χ3n) is 5.81. The summed E-state index contributed by atoms with van der Waals surface area (Å²) in [5.41, 5.74) is 4.76. The molecule has 8 heteroatoms. The predicted octanol–water partition coefficient (Wildman–Crippen LogP) is 4.07. The average molecular weight is 448 g/mol. The third-order valence-corrected chi connectivity index (χ3v) is 7.02. The number of benzene rings is 2. The SMILES string of the molecule is COc1cccc(C(=O)N2CCN(c3nc4c(s3)c(C)nn4-c3ccc(C)cc3)CC2)c1. The van der Waals surface area contributed by atoms with Gasteiger partial charge in [-0.1, -0.05) is 35.1 Å². The zero-order valence-corrected chi connectivity index (χ0v) is 19.2. The van der Waals surface area contributed by atoms with E-state index in [1.807, 2.05) is 34.7 Å². The molecule has 1 saturated heterocycles. The smallest absolute Gasteiger partial charge is 0.254 e. The highest BCUT2D eigenvalue weighted by Crippen LogP contribution is 2.33. The Labute approximate surface area is 190 Å². The van der Waals surface area contributed by atoms with Crippen LogP contribution in [0.15, 0.2) is 48.5 Å². The molecule has 2 aromatic heterocycles. The number of ether oxygens (including phenoxy) is 1. The van der Waals surface area contributed by atoms with Crippen molar-refractivity contribution in [1.29, 1.82) is 0 Å². The Morgan fingerprint density at radius 3 is 2.50 bits per heavy atom. The number of amides is 1. The van der Waals surface area contributed by atoms with Crippen LogP contribution in [-0.2, 0) is 0 Å². The van der Waals surface area contributed by atoms with Gasteiger partial charge in [0.1, 0.15) is 5.75 Å². The van der Waals surface area contributed by atoms with Crippen LogP contribution in [0, 0.1) is 13.8 Å². The fourth-order valence-electron chi connectivity index (χ4n) is 3.96. The summed E-state index contributed by atoms with van der Waals surface area (Å²) in [5, 5.41) is 5.68. The van der Waals surface area contributed by atoms with Gasteiger partial charge in [-0.05, 0) is 44.2 Å². The number of carbonyl (C=O) groups excluding carboxylic acids is 1. The van der Waals surface area contributed by atoms with Gasteiger partial charge in [-0.15, -0.1) is 0 Å². The van der Waals surface area contributed by atoms with Gasteiger partial charge in [0.15, 0.2) is 10.8 Å². The predicted molar refractivity (Wildman–Crippen MR) is 127 cm³/mol. The fraction of sp³-hybridized carbons (Fsp3) is 0.292. The summed E-state index contributed by atoms with van der Waals surface area (Å²) in [6, 6.07) is 15.7. The topological polar surface area (TPSA) is 63.5 Å². The number of rotatable bonds is 4. The summed E-state index contributed by atoms with van der Waals surface area (Å²) in [6.45, 7) is 6.93. The zero-order valence-electron chi connectivity index (χ0n) is 18.4. The maximum Gasteiger partial charge on any atom is 0.254 e. The Kier molecular flexibility index (Phi) is 5.30. The van der Waals surface area contributed by atoms with Gasteiger partial charge >= 0.3 is 0 Å². The molecule has 1 fully saturated rings. The summed E-state index contributed by atoms with van der Waals surface area (Å²) in [4.78, 5) is 22.0. The molecule has 2 aromatic carbocycles. The molecular weight excluding hydrogens is 422 g/mol. The number of hydrogen-bond donors (Lipinski definition) is 0. The highest BCUT2D eigenvalue weighted by Gasteiger charge is 2.25. The first-order chi connectivity index (χ1) is 15.5.